The molecule has 0 bridgehead atoms. The third kappa shape index (κ3) is 3.61. The lowest BCUT2D eigenvalue weighted by molar-refractivity contribution is 0.0698. The van der Waals surface area contributed by atoms with Crippen molar-refractivity contribution in [3.05, 3.63) is 94.9 Å². The number of nitrogens with zero attached hydrogens (tertiary/aromatic N) is 1. The van der Waals surface area contributed by atoms with Crippen molar-refractivity contribution in [1.82, 2.24) is 4.98 Å². The highest BCUT2D eigenvalue weighted by atomic mass is 32.1. The predicted octanol–water partition coefficient (Wildman–Crippen LogP) is 6.96. The zero-order valence-electron chi connectivity index (χ0n) is 17.5. The van der Waals surface area contributed by atoms with E-state index in [1.807, 2.05) is 73.0 Å². The van der Waals surface area contributed by atoms with Crippen LogP contribution < -0.4 is 4.74 Å². The van der Waals surface area contributed by atoms with Gasteiger partial charge in [-0.2, -0.15) is 0 Å². The van der Waals surface area contributed by atoms with Crippen LogP contribution in [-0.2, 0) is 13.0 Å². The number of ether oxygens (including phenoxy) is 1. The molecule has 0 spiro atoms. The van der Waals surface area contributed by atoms with Gasteiger partial charge in [-0.3, -0.25) is 0 Å². The third-order valence-electron chi connectivity index (χ3n) is 5.61. The second kappa shape index (κ2) is 8.44. The van der Waals surface area contributed by atoms with Crippen molar-refractivity contribution in [2.45, 2.75) is 20.0 Å². The summed E-state index contributed by atoms with van der Waals surface area (Å²) >= 11 is 1.64. The topological polar surface area (TPSA) is 59.4 Å². The Morgan fingerprint density at radius 3 is 2.59 bits per heavy atom. The Morgan fingerprint density at radius 2 is 1.81 bits per heavy atom. The van der Waals surface area contributed by atoms with E-state index in [4.69, 9.17) is 9.72 Å². The number of aromatic nitrogens is 1. The number of thiophene rings is 1. The van der Waals surface area contributed by atoms with Gasteiger partial charge < -0.3 is 9.84 Å². The monoisotopic (exact) mass is 439 g/mol. The minimum Gasteiger partial charge on any atom is -0.488 e. The number of aromatic carboxylic acids is 1. The maximum Gasteiger partial charge on any atom is 0.336 e. The van der Waals surface area contributed by atoms with Crippen molar-refractivity contribution in [3.63, 3.8) is 0 Å². The maximum absolute atomic E-state index is 12.3. The van der Waals surface area contributed by atoms with Crippen molar-refractivity contribution in [2.24, 2.45) is 0 Å². The molecule has 0 amide bonds. The van der Waals surface area contributed by atoms with E-state index in [0.29, 0.717) is 29.0 Å². The van der Waals surface area contributed by atoms with Gasteiger partial charge in [-0.15, -0.1) is 11.3 Å². The van der Waals surface area contributed by atoms with Crippen molar-refractivity contribution < 1.29 is 14.6 Å². The highest BCUT2D eigenvalue weighted by molar-refractivity contribution is 7.17. The standard InChI is InChI=1S/C27H21NO3S/c1-2-18-12-13-23(31-15-17-8-4-3-5-9-17)25-20(27(29)30)14-22(28-26(18)25)21-16-32-24-11-7-6-10-19(21)24/h3-14,16H,2,15H2,1H3,(H,29,30). The molecule has 0 saturated heterocycles. The Morgan fingerprint density at radius 1 is 1.03 bits per heavy atom. The first kappa shape index (κ1) is 20.2. The molecule has 0 aliphatic carbocycles. The lowest BCUT2D eigenvalue weighted by Gasteiger charge is -2.15. The quantitative estimate of drug-likeness (QED) is 0.311. The van der Waals surface area contributed by atoms with Crippen molar-refractivity contribution in [2.75, 3.05) is 0 Å². The molecule has 5 heteroatoms. The molecule has 0 saturated carbocycles. The minimum absolute atomic E-state index is 0.207. The van der Waals surface area contributed by atoms with Crippen LogP contribution in [0.4, 0.5) is 0 Å². The second-order valence-electron chi connectivity index (χ2n) is 7.58. The summed E-state index contributed by atoms with van der Waals surface area (Å²) in [5.41, 5.74) is 4.53. The fraction of sp³-hybridized carbons (Fsp3) is 0.111. The molecule has 158 valence electrons. The molecule has 0 unspecified atom stereocenters. The largest absolute Gasteiger partial charge is 0.488 e. The van der Waals surface area contributed by atoms with Gasteiger partial charge in [-0.25, -0.2) is 9.78 Å². The lowest BCUT2D eigenvalue weighted by atomic mass is 9.99. The van der Waals surface area contributed by atoms with Gasteiger partial charge in [-0.1, -0.05) is 61.5 Å². The van der Waals surface area contributed by atoms with Gasteiger partial charge in [0.15, 0.2) is 0 Å². The Kier molecular flexibility index (Phi) is 5.33. The zero-order valence-corrected chi connectivity index (χ0v) is 18.4. The van der Waals surface area contributed by atoms with Gasteiger partial charge in [0.2, 0.25) is 0 Å². The minimum atomic E-state index is -0.990. The highest BCUT2D eigenvalue weighted by Gasteiger charge is 2.20. The van der Waals surface area contributed by atoms with E-state index < -0.39 is 5.97 Å². The van der Waals surface area contributed by atoms with E-state index in [9.17, 15) is 9.90 Å². The van der Waals surface area contributed by atoms with Crippen molar-refractivity contribution in [3.8, 4) is 17.0 Å². The van der Waals surface area contributed by atoms with E-state index in [0.717, 1.165) is 33.2 Å². The van der Waals surface area contributed by atoms with Crippen LogP contribution in [0.2, 0.25) is 0 Å². The summed E-state index contributed by atoms with van der Waals surface area (Å²) in [4.78, 5) is 17.3. The summed E-state index contributed by atoms with van der Waals surface area (Å²) in [7, 11) is 0. The van der Waals surface area contributed by atoms with E-state index in [1.165, 1.54) is 0 Å². The summed E-state index contributed by atoms with van der Waals surface area (Å²) in [5.74, 6) is -0.455. The number of hydrogen-bond acceptors (Lipinski definition) is 4. The summed E-state index contributed by atoms with van der Waals surface area (Å²) < 4.78 is 7.25. The van der Waals surface area contributed by atoms with Crippen LogP contribution in [0.25, 0.3) is 32.2 Å². The fourth-order valence-electron chi connectivity index (χ4n) is 3.99. The van der Waals surface area contributed by atoms with Crippen LogP contribution in [0.3, 0.4) is 0 Å². The Labute approximate surface area is 189 Å². The van der Waals surface area contributed by atoms with Gasteiger partial charge in [0, 0.05) is 21.0 Å². The number of fused-ring (bicyclic) bond motifs is 2. The number of carboxylic acids is 1. The molecule has 5 aromatic rings. The van der Waals surface area contributed by atoms with Crippen LogP contribution in [-0.4, -0.2) is 16.1 Å². The van der Waals surface area contributed by atoms with Crippen LogP contribution in [0.5, 0.6) is 5.75 Å². The van der Waals surface area contributed by atoms with Gasteiger partial charge in [-0.05, 0) is 35.7 Å². The SMILES string of the molecule is CCc1ccc(OCc2ccccc2)c2c(C(=O)O)cc(-c3csc4ccccc34)nc12. The Hall–Kier alpha value is -3.70. The number of hydrogen-bond donors (Lipinski definition) is 1. The first-order valence-corrected chi connectivity index (χ1v) is 11.4. The number of carbonyl (C=O) groups is 1. The fourth-order valence-corrected chi connectivity index (χ4v) is 4.94. The number of rotatable bonds is 6. The Balaban J connectivity index is 1.70. The van der Waals surface area contributed by atoms with Crippen molar-refractivity contribution >= 4 is 38.3 Å². The first-order chi connectivity index (χ1) is 15.7. The number of carboxylic acid groups (broad SMARTS) is 1. The normalized spacial score (nSPS) is 11.2. The van der Waals surface area contributed by atoms with Gasteiger partial charge >= 0.3 is 5.97 Å². The lowest BCUT2D eigenvalue weighted by Crippen LogP contribution is -2.05. The molecule has 4 nitrogen and oxygen atoms in total. The Bertz CT molecular complexity index is 1440. The van der Waals surface area contributed by atoms with Gasteiger partial charge in [0.1, 0.15) is 12.4 Å². The number of pyridine rings is 1. The zero-order chi connectivity index (χ0) is 22.1. The number of aryl methyl sites for hydroxylation is 1. The molecule has 32 heavy (non-hydrogen) atoms. The molecule has 0 atom stereocenters. The predicted molar refractivity (Wildman–Crippen MR) is 130 cm³/mol. The molecule has 5 rings (SSSR count). The molecule has 3 aromatic carbocycles. The van der Waals surface area contributed by atoms with Crippen LogP contribution in [0.1, 0.15) is 28.4 Å². The molecule has 0 fully saturated rings. The van der Waals surface area contributed by atoms with Gasteiger partial charge in [0.25, 0.3) is 0 Å². The van der Waals surface area contributed by atoms with E-state index >= 15 is 0 Å². The molecule has 0 aliphatic heterocycles. The summed E-state index contributed by atoms with van der Waals surface area (Å²) in [6.45, 7) is 2.41. The summed E-state index contributed by atoms with van der Waals surface area (Å²) in [6.07, 6.45) is 0.745. The van der Waals surface area contributed by atoms with E-state index in [2.05, 4.69) is 6.07 Å². The number of benzene rings is 3. The third-order valence-corrected chi connectivity index (χ3v) is 6.57. The average molecular weight is 440 g/mol. The molecule has 0 radical (unpaired) electrons. The van der Waals surface area contributed by atoms with E-state index in [1.54, 1.807) is 17.4 Å². The molecule has 2 aromatic heterocycles. The highest BCUT2D eigenvalue weighted by Crippen LogP contribution is 2.38. The molecule has 0 aliphatic rings. The summed E-state index contributed by atoms with van der Waals surface area (Å²) in [5, 5.41) is 13.8. The molecule has 2 heterocycles. The maximum atomic E-state index is 12.3. The first-order valence-electron chi connectivity index (χ1n) is 10.5. The molecular formula is C27H21NO3S. The van der Waals surface area contributed by atoms with Crippen LogP contribution in [0, 0.1) is 0 Å². The van der Waals surface area contributed by atoms with Gasteiger partial charge in [0.05, 0.1) is 22.2 Å². The van der Waals surface area contributed by atoms with E-state index in [-0.39, 0.29) is 5.56 Å². The molecule has 1 N–H and O–H groups in total. The van der Waals surface area contributed by atoms with Crippen molar-refractivity contribution in [1.29, 1.82) is 0 Å². The molecular weight excluding hydrogens is 418 g/mol. The van der Waals surface area contributed by atoms with Crippen LogP contribution in [0.15, 0.2) is 78.2 Å². The smallest absolute Gasteiger partial charge is 0.336 e. The summed E-state index contributed by atoms with van der Waals surface area (Å²) in [6, 6.07) is 23.5. The average Bonchev–Trinajstić information content (AvgIpc) is 3.26. The second-order valence-corrected chi connectivity index (χ2v) is 8.49. The van der Waals surface area contributed by atoms with Crippen LogP contribution >= 0.6 is 11.3 Å².